The van der Waals surface area contributed by atoms with E-state index in [9.17, 15) is 5.11 Å². The number of hydrogen-bond acceptors (Lipinski definition) is 4. The van der Waals surface area contributed by atoms with Crippen LogP contribution in [-0.2, 0) is 5.41 Å². The van der Waals surface area contributed by atoms with Crippen molar-refractivity contribution < 1.29 is 14.6 Å². The molecule has 0 saturated heterocycles. The number of aliphatic hydroxyl groups excluding tert-OH is 1. The fraction of sp³-hybridized carbons (Fsp3) is 0.556. The summed E-state index contributed by atoms with van der Waals surface area (Å²) in [4.78, 5) is 2.20. The molecule has 0 heterocycles. The van der Waals surface area contributed by atoms with Gasteiger partial charge in [-0.1, -0.05) is 18.2 Å². The third-order valence-corrected chi connectivity index (χ3v) is 4.49. The minimum Gasteiger partial charge on any atom is -0.493 e. The van der Waals surface area contributed by atoms with Crippen LogP contribution in [0.4, 0.5) is 0 Å². The van der Waals surface area contributed by atoms with Gasteiger partial charge in [0.15, 0.2) is 11.5 Å². The molecule has 0 bridgehead atoms. The number of hydrogen-bond donors (Lipinski definition) is 1. The second kappa shape index (κ2) is 7.16. The Kier molecular flexibility index (Phi) is 5.48. The van der Waals surface area contributed by atoms with E-state index in [1.165, 1.54) is 5.56 Å². The van der Waals surface area contributed by atoms with Crippen LogP contribution in [0.25, 0.3) is 0 Å². The predicted octanol–water partition coefficient (Wildman–Crippen LogP) is 2.60. The van der Waals surface area contributed by atoms with Crippen LogP contribution in [-0.4, -0.2) is 51.0 Å². The molecule has 4 nitrogen and oxygen atoms in total. The van der Waals surface area contributed by atoms with E-state index in [0.717, 1.165) is 37.3 Å². The smallest absolute Gasteiger partial charge is 0.161 e. The van der Waals surface area contributed by atoms with E-state index in [0.29, 0.717) is 0 Å². The summed E-state index contributed by atoms with van der Waals surface area (Å²) >= 11 is 0. The van der Waals surface area contributed by atoms with Gasteiger partial charge in [0.25, 0.3) is 0 Å². The standard InChI is InChI=1S/C18H27NO3/c1-19(2)12-11-18(9-7-15(20)8-10-18)14-5-6-16(21-3)17(13-14)22-4/h5-7,9,13,15,20H,8,10-12H2,1-4H3/t15-,18+/m0/s1. The van der Waals surface area contributed by atoms with E-state index in [2.05, 4.69) is 37.2 Å². The first-order valence-electron chi connectivity index (χ1n) is 7.75. The van der Waals surface area contributed by atoms with E-state index < -0.39 is 0 Å². The largest absolute Gasteiger partial charge is 0.493 e. The van der Waals surface area contributed by atoms with Crippen LogP contribution in [0.5, 0.6) is 11.5 Å². The van der Waals surface area contributed by atoms with E-state index in [1.807, 2.05) is 12.1 Å². The van der Waals surface area contributed by atoms with Gasteiger partial charge in [-0.25, -0.2) is 0 Å². The molecule has 1 aromatic rings. The third kappa shape index (κ3) is 3.62. The lowest BCUT2D eigenvalue weighted by atomic mass is 9.70. The van der Waals surface area contributed by atoms with Gasteiger partial charge in [-0.2, -0.15) is 0 Å². The molecular formula is C18H27NO3. The Morgan fingerprint density at radius 2 is 1.95 bits per heavy atom. The lowest BCUT2D eigenvalue weighted by Gasteiger charge is -2.36. The first-order valence-corrected chi connectivity index (χ1v) is 7.75. The maximum absolute atomic E-state index is 9.81. The first-order chi connectivity index (χ1) is 10.5. The summed E-state index contributed by atoms with van der Waals surface area (Å²) in [5.41, 5.74) is 1.17. The lowest BCUT2D eigenvalue weighted by molar-refractivity contribution is 0.183. The fourth-order valence-corrected chi connectivity index (χ4v) is 3.04. The van der Waals surface area contributed by atoms with Gasteiger partial charge in [0.2, 0.25) is 0 Å². The SMILES string of the molecule is COc1ccc([C@]2(CCN(C)C)C=C[C@H](O)CC2)cc1OC. The molecule has 0 fully saturated rings. The monoisotopic (exact) mass is 305 g/mol. The zero-order valence-electron chi connectivity index (χ0n) is 14.0. The number of ether oxygens (including phenoxy) is 2. The molecule has 4 heteroatoms. The van der Waals surface area contributed by atoms with Crippen molar-refractivity contribution in [2.75, 3.05) is 34.9 Å². The number of rotatable bonds is 6. The van der Waals surface area contributed by atoms with Crippen molar-refractivity contribution in [1.29, 1.82) is 0 Å². The van der Waals surface area contributed by atoms with Crippen molar-refractivity contribution in [3.05, 3.63) is 35.9 Å². The van der Waals surface area contributed by atoms with Gasteiger partial charge in [0.1, 0.15) is 0 Å². The zero-order chi connectivity index (χ0) is 16.2. The highest BCUT2D eigenvalue weighted by molar-refractivity contribution is 5.47. The van der Waals surface area contributed by atoms with Crippen molar-refractivity contribution in [3.8, 4) is 11.5 Å². The summed E-state index contributed by atoms with van der Waals surface area (Å²) in [5, 5.41) is 9.81. The molecule has 0 saturated carbocycles. The quantitative estimate of drug-likeness (QED) is 0.820. The number of aliphatic hydroxyl groups is 1. The van der Waals surface area contributed by atoms with Gasteiger partial charge < -0.3 is 19.5 Å². The number of methoxy groups -OCH3 is 2. The van der Waals surface area contributed by atoms with Gasteiger partial charge in [-0.15, -0.1) is 0 Å². The fourth-order valence-electron chi connectivity index (χ4n) is 3.04. The number of benzene rings is 1. The van der Waals surface area contributed by atoms with Crippen molar-refractivity contribution in [1.82, 2.24) is 4.90 Å². The second-order valence-electron chi connectivity index (χ2n) is 6.24. The molecule has 2 rings (SSSR count). The van der Waals surface area contributed by atoms with Crippen LogP contribution in [0, 0.1) is 0 Å². The lowest BCUT2D eigenvalue weighted by Crippen LogP contribution is -2.33. The molecule has 0 unspecified atom stereocenters. The Bertz CT molecular complexity index is 527. The molecular weight excluding hydrogens is 278 g/mol. The van der Waals surface area contributed by atoms with E-state index in [-0.39, 0.29) is 11.5 Å². The molecule has 122 valence electrons. The number of allylic oxidation sites excluding steroid dienone is 1. The van der Waals surface area contributed by atoms with Crippen molar-refractivity contribution in [3.63, 3.8) is 0 Å². The maximum atomic E-state index is 9.81. The van der Waals surface area contributed by atoms with Crippen LogP contribution in [0.2, 0.25) is 0 Å². The van der Waals surface area contributed by atoms with Gasteiger partial charge in [0.05, 0.1) is 20.3 Å². The minimum absolute atomic E-state index is 0.0525. The Balaban J connectivity index is 2.38. The van der Waals surface area contributed by atoms with Crippen LogP contribution in [0.15, 0.2) is 30.4 Å². The van der Waals surface area contributed by atoms with Crippen LogP contribution in [0.1, 0.15) is 24.8 Å². The first kappa shape index (κ1) is 16.8. The third-order valence-electron chi connectivity index (χ3n) is 4.49. The Labute approximate surface area is 133 Å². The number of nitrogens with zero attached hydrogens (tertiary/aromatic N) is 1. The highest BCUT2D eigenvalue weighted by Gasteiger charge is 2.33. The normalized spacial score (nSPS) is 24.5. The summed E-state index contributed by atoms with van der Waals surface area (Å²) in [6.07, 6.45) is 6.51. The van der Waals surface area contributed by atoms with Gasteiger partial charge in [-0.05, 0) is 57.6 Å². The molecule has 0 aliphatic heterocycles. The summed E-state index contributed by atoms with van der Waals surface area (Å²) in [6, 6.07) is 6.14. The second-order valence-corrected chi connectivity index (χ2v) is 6.24. The Morgan fingerprint density at radius 3 is 2.50 bits per heavy atom. The average molecular weight is 305 g/mol. The molecule has 0 amide bonds. The average Bonchev–Trinajstić information content (AvgIpc) is 2.54. The Morgan fingerprint density at radius 1 is 1.23 bits per heavy atom. The summed E-state index contributed by atoms with van der Waals surface area (Å²) < 4.78 is 10.8. The molecule has 0 radical (unpaired) electrons. The van der Waals surface area contributed by atoms with Crippen molar-refractivity contribution in [2.24, 2.45) is 0 Å². The molecule has 1 aliphatic carbocycles. The van der Waals surface area contributed by atoms with Gasteiger partial charge in [-0.3, -0.25) is 0 Å². The van der Waals surface area contributed by atoms with E-state index >= 15 is 0 Å². The zero-order valence-corrected chi connectivity index (χ0v) is 14.0. The Hall–Kier alpha value is -1.52. The maximum Gasteiger partial charge on any atom is 0.161 e. The van der Waals surface area contributed by atoms with E-state index in [1.54, 1.807) is 14.2 Å². The molecule has 2 atom stereocenters. The van der Waals surface area contributed by atoms with Crippen molar-refractivity contribution >= 4 is 0 Å². The predicted molar refractivity (Wildman–Crippen MR) is 88.8 cm³/mol. The van der Waals surface area contributed by atoms with Crippen molar-refractivity contribution in [2.45, 2.75) is 30.8 Å². The highest BCUT2D eigenvalue weighted by atomic mass is 16.5. The van der Waals surface area contributed by atoms with Gasteiger partial charge in [0, 0.05) is 5.41 Å². The summed E-state index contributed by atoms with van der Waals surface area (Å²) in [7, 11) is 7.48. The molecule has 0 spiro atoms. The summed E-state index contributed by atoms with van der Waals surface area (Å²) in [5.74, 6) is 1.50. The minimum atomic E-state index is -0.326. The topological polar surface area (TPSA) is 41.9 Å². The molecule has 1 aliphatic rings. The molecule has 1 N–H and O–H groups in total. The van der Waals surface area contributed by atoms with Crippen LogP contribution < -0.4 is 9.47 Å². The molecule has 0 aromatic heterocycles. The van der Waals surface area contributed by atoms with Crippen LogP contribution >= 0.6 is 0 Å². The van der Waals surface area contributed by atoms with E-state index in [4.69, 9.17) is 9.47 Å². The summed E-state index contributed by atoms with van der Waals surface area (Å²) in [6.45, 7) is 0.995. The van der Waals surface area contributed by atoms with Gasteiger partial charge >= 0.3 is 0 Å². The van der Waals surface area contributed by atoms with Crippen LogP contribution in [0.3, 0.4) is 0 Å². The highest BCUT2D eigenvalue weighted by Crippen LogP contribution is 2.41. The molecule has 22 heavy (non-hydrogen) atoms. The molecule has 1 aromatic carbocycles.